The molecule has 0 bridgehead atoms. The number of hydrogen-bond donors (Lipinski definition) is 1. The van der Waals surface area contributed by atoms with E-state index in [-0.39, 0.29) is 6.61 Å². The summed E-state index contributed by atoms with van der Waals surface area (Å²) in [6, 6.07) is 7.99. The molecule has 118 valence electrons. The molecule has 0 unspecified atom stereocenters. The second-order valence-corrected chi connectivity index (χ2v) is 7.44. The molecule has 1 aromatic heterocycles. The molecule has 1 heterocycles. The van der Waals surface area contributed by atoms with Gasteiger partial charge in [0.1, 0.15) is 0 Å². The molecular formula is C17H21ClN2OS. The summed E-state index contributed by atoms with van der Waals surface area (Å²) in [6.07, 6.45) is 5.39. The predicted molar refractivity (Wildman–Crippen MR) is 91.4 cm³/mol. The summed E-state index contributed by atoms with van der Waals surface area (Å²) in [4.78, 5) is 8.21. The number of hydrogen-bond acceptors (Lipinski definition) is 4. The maximum atomic E-state index is 9.12. The van der Waals surface area contributed by atoms with Gasteiger partial charge in [-0.15, -0.1) is 11.3 Å². The molecular weight excluding hydrogens is 316 g/mol. The van der Waals surface area contributed by atoms with Gasteiger partial charge in [-0.25, -0.2) is 4.98 Å². The summed E-state index contributed by atoms with van der Waals surface area (Å²) in [6.45, 7) is 2.83. The van der Waals surface area contributed by atoms with Crippen LogP contribution in [0.4, 0.5) is 0 Å². The van der Waals surface area contributed by atoms with Crippen molar-refractivity contribution in [2.75, 3.05) is 13.2 Å². The van der Waals surface area contributed by atoms with E-state index in [9.17, 15) is 0 Å². The van der Waals surface area contributed by atoms with Crippen LogP contribution < -0.4 is 0 Å². The summed E-state index contributed by atoms with van der Waals surface area (Å²) in [5.41, 5.74) is 1.21. The Kier molecular flexibility index (Phi) is 5.47. The summed E-state index contributed by atoms with van der Waals surface area (Å²) in [7, 11) is 0. The van der Waals surface area contributed by atoms with Crippen molar-refractivity contribution >= 4 is 22.9 Å². The maximum absolute atomic E-state index is 9.12. The largest absolute Gasteiger partial charge is 0.396 e. The van der Waals surface area contributed by atoms with Crippen molar-refractivity contribution in [2.45, 2.75) is 38.3 Å². The van der Waals surface area contributed by atoms with Gasteiger partial charge < -0.3 is 5.11 Å². The lowest BCUT2D eigenvalue weighted by Gasteiger charge is -2.21. The Morgan fingerprint density at radius 1 is 1.32 bits per heavy atom. The highest BCUT2D eigenvalue weighted by Gasteiger charge is 2.26. The van der Waals surface area contributed by atoms with Crippen molar-refractivity contribution < 1.29 is 5.11 Å². The average molecular weight is 337 g/mol. The van der Waals surface area contributed by atoms with Crippen LogP contribution in [0.5, 0.6) is 0 Å². The van der Waals surface area contributed by atoms with Crippen molar-refractivity contribution in [3.05, 3.63) is 50.9 Å². The third-order valence-electron chi connectivity index (χ3n) is 3.81. The third-order valence-corrected chi connectivity index (χ3v) is 5.18. The number of thiazole rings is 1. The Hall–Kier alpha value is -0.940. The van der Waals surface area contributed by atoms with E-state index in [1.807, 2.05) is 35.7 Å². The van der Waals surface area contributed by atoms with Crippen molar-refractivity contribution in [3.63, 3.8) is 0 Å². The van der Waals surface area contributed by atoms with Gasteiger partial charge in [-0.3, -0.25) is 4.90 Å². The zero-order valence-electron chi connectivity index (χ0n) is 12.5. The third kappa shape index (κ3) is 4.53. The van der Waals surface area contributed by atoms with E-state index in [2.05, 4.69) is 16.0 Å². The summed E-state index contributed by atoms with van der Waals surface area (Å²) in [5.74, 6) is 0.720. The van der Waals surface area contributed by atoms with Gasteiger partial charge in [0, 0.05) is 48.3 Å². The minimum Gasteiger partial charge on any atom is -0.396 e. The molecule has 1 aliphatic carbocycles. The number of nitrogens with zero attached hydrogens (tertiary/aromatic N) is 2. The Morgan fingerprint density at radius 2 is 2.18 bits per heavy atom. The number of halogens is 1. The van der Waals surface area contributed by atoms with Gasteiger partial charge in [-0.05, 0) is 37.0 Å². The normalized spacial score (nSPS) is 14.7. The second kappa shape index (κ2) is 7.55. The van der Waals surface area contributed by atoms with E-state index in [1.54, 1.807) is 0 Å². The van der Waals surface area contributed by atoms with Gasteiger partial charge in [-0.2, -0.15) is 0 Å². The van der Waals surface area contributed by atoms with E-state index in [0.29, 0.717) is 0 Å². The molecule has 1 aromatic carbocycles. The van der Waals surface area contributed by atoms with Crippen molar-refractivity contribution in [3.8, 4) is 0 Å². The van der Waals surface area contributed by atoms with Crippen molar-refractivity contribution in [1.29, 1.82) is 0 Å². The van der Waals surface area contributed by atoms with Crippen LogP contribution >= 0.6 is 22.9 Å². The van der Waals surface area contributed by atoms with Crippen LogP contribution in [0.2, 0.25) is 5.02 Å². The molecule has 22 heavy (non-hydrogen) atoms. The summed E-state index contributed by atoms with van der Waals surface area (Å²) in [5, 5.41) is 11.2. The molecule has 0 amide bonds. The van der Waals surface area contributed by atoms with Gasteiger partial charge in [0.25, 0.3) is 0 Å². The van der Waals surface area contributed by atoms with Crippen LogP contribution in [0.3, 0.4) is 0 Å². The predicted octanol–water partition coefficient (Wildman–Crippen LogP) is 4.06. The van der Waals surface area contributed by atoms with Gasteiger partial charge in [-0.1, -0.05) is 23.7 Å². The molecule has 5 heteroatoms. The minimum absolute atomic E-state index is 0.224. The molecule has 0 atom stereocenters. The lowest BCUT2D eigenvalue weighted by Crippen LogP contribution is -2.24. The van der Waals surface area contributed by atoms with Gasteiger partial charge in [0.2, 0.25) is 0 Å². The van der Waals surface area contributed by atoms with Gasteiger partial charge in [0.05, 0.1) is 5.01 Å². The molecule has 2 aromatic rings. The smallest absolute Gasteiger partial charge is 0.0959 e. The molecule has 3 rings (SSSR count). The lowest BCUT2D eigenvalue weighted by atomic mass is 10.2. The van der Waals surface area contributed by atoms with Crippen LogP contribution in [0, 0.1) is 0 Å². The Morgan fingerprint density at radius 3 is 2.91 bits per heavy atom. The highest BCUT2D eigenvalue weighted by atomic mass is 35.5. The number of benzene rings is 1. The monoisotopic (exact) mass is 336 g/mol. The Balaban J connectivity index is 1.65. The van der Waals surface area contributed by atoms with Crippen LogP contribution in [-0.2, 0) is 13.1 Å². The first-order chi connectivity index (χ1) is 10.7. The first-order valence-electron chi connectivity index (χ1n) is 7.77. The molecule has 1 saturated carbocycles. The fourth-order valence-corrected chi connectivity index (χ4v) is 3.88. The highest BCUT2D eigenvalue weighted by Crippen LogP contribution is 2.41. The number of rotatable bonds is 8. The van der Waals surface area contributed by atoms with Crippen LogP contribution in [0.15, 0.2) is 30.5 Å². The fourth-order valence-electron chi connectivity index (χ4n) is 2.54. The molecule has 0 saturated heterocycles. The first-order valence-corrected chi connectivity index (χ1v) is 8.96. The highest BCUT2D eigenvalue weighted by molar-refractivity contribution is 7.11. The van der Waals surface area contributed by atoms with E-state index in [0.717, 1.165) is 37.0 Å². The number of aliphatic hydroxyl groups excluding tert-OH is 1. The zero-order valence-corrected chi connectivity index (χ0v) is 14.1. The van der Waals surface area contributed by atoms with Crippen LogP contribution in [-0.4, -0.2) is 28.1 Å². The number of aliphatic hydroxyl groups is 1. The average Bonchev–Trinajstić information content (AvgIpc) is 3.25. The second-order valence-electron chi connectivity index (χ2n) is 5.86. The Labute approximate surface area is 140 Å². The van der Waals surface area contributed by atoms with Crippen molar-refractivity contribution in [1.82, 2.24) is 9.88 Å². The molecule has 0 aliphatic heterocycles. The standard InChI is InChI=1S/C17H21ClN2OS/c18-15-4-1-3-13(9-15)11-20(7-2-8-21)12-16-10-19-17(22-16)14-5-6-14/h1,3-4,9-10,14,21H,2,5-8,11-12H2. The minimum atomic E-state index is 0.224. The Bertz CT molecular complexity index is 612. The van der Waals surface area contributed by atoms with E-state index < -0.39 is 0 Å². The summed E-state index contributed by atoms with van der Waals surface area (Å²) >= 11 is 7.91. The molecule has 1 aliphatic rings. The molecule has 3 nitrogen and oxygen atoms in total. The fraction of sp³-hybridized carbons (Fsp3) is 0.471. The van der Waals surface area contributed by atoms with E-state index >= 15 is 0 Å². The first kappa shape index (κ1) is 15.9. The van der Waals surface area contributed by atoms with Gasteiger partial charge >= 0.3 is 0 Å². The SMILES string of the molecule is OCCCN(Cc1cccc(Cl)c1)Cc1cnc(C2CC2)s1. The number of aromatic nitrogens is 1. The van der Waals surface area contributed by atoms with Crippen LogP contribution in [0.1, 0.15) is 40.6 Å². The molecule has 0 spiro atoms. The van der Waals surface area contributed by atoms with Crippen molar-refractivity contribution in [2.24, 2.45) is 0 Å². The molecule has 0 radical (unpaired) electrons. The molecule has 1 fully saturated rings. The van der Waals surface area contributed by atoms with Gasteiger partial charge in [0.15, 0.2) is 0 Å². The molecule has 1 N–H and O–H groups in total. The van der Waals surface area contributed by atoms with Crippen LogP contribution in [0.25, 0.3) is 0 Å². The van der Waals surface area contributed by atoms with E-state index in [4.69, 9.17) is 16.7 Å². The quantitative estimate of drug-likeness (QED) is 0.789. The van der Waals surface area contributed by atoms with E-state index in [1.165, 1.54) is 28.3 Å². The lowest BCUT2D eigenvalue weighted by molar-refractivity contribution is 0.214. The zero-order chi connectivity index (χ0) is 15.4. The maximum Gasteiger partial charge on any atom is 0.0959 e. The summed E-state index contributed by atoms with van der Waals surface area (Å²) < 4.78 is 0. The topological polar surface area (TPSA) is 36.4 Å².